The van der Waals surface area contributed by atoms with Crippen molar-refractivity contribution in [2.24, 2.45) is 0 Å². The second kappa shape index (κ2) is 10.4. The van der Waals surface area contributed by atoms with E-state index in [4.69, 9.17) is 28.4 Å². The van der Waals surface area contributed by atoms with Gasteiger partial charge in [-0.05, 0) is 24.3 Å². The molecule has 0 radical (unpaired) electrons. The third-order valence-corrected chi connectivity index (χ3v) is 5.66. The Morgan fingerprint density at radius 3 is 2.47 bits per heavy atom. The predicted octanol–water partition coefficient (Wildman–Crippen LogP) is 1.57. The summed E-state index contributed by atoms with van der Waals surface area (Å²) in [6, 6.07) is 12.7. The fourth-order valence-corrected chi connectivity index (χ4v) is 3.98. The molecule has 2 heterocycles. The Labute approximate surface area is 196 Å². The summed E-state index contributed by atoms with van der Waals surface area (Å²) in [5.74, 6) is -0.0992. The van der Waals surface area contributed by atoms with E-state index in [0.717, 1.165) is 5.56 Å². The Morgan fingerprint density at radius 2 is 1.79 bits per heavy atom. The minimum absolute atomic E-state index is 0.115. The van der Waals surface area contributed by atoms with E-state index in [1.54, 1.807) is 55.6 Å². The lowest BCUT2D eigenvalue weighted by molar-refractivity contribution is -0.333. The molecule has 2 N–H and O–H groups in total. The van der Waals surface area contributed by atoms with Crippen LogP contribution in [-0.4, -0.2) is 68.5 Å². The van der Waals surface area contributed by atoms with Crippen LogP contribution < -0.4 is 14.8 Å². The Hall–Kier alpha value is -3.18. The fourth-order valence-electron chi connectivity index (χ4n) is 3.98. The van der Waals surface area contributed by atoms with Crippen LogP contribution in [0.2, 0.25) is 0 Å². The number of amides is 1. The zero-order valence-corrected chi connectivity index (χ0v) is 19.0. The summed E-state index contributed by atoms with van der Waals surface area (Å²) >= 11 is 0. The Bertz CT molecular complexity index is 1010. The molecule has 2 aliphatic rings. The minimum atomic E-state index is -1.18. The minimum Gasteiger partial charge on any atom is -0.497 e. The van der Waals surface area contributed by atoms with Crippen molar-refractivity contribution in [1.82, 2.24) is 5.32 Å². The first-order valence-corrected chi connectivity index (χ1v) is 10.8. The highest BCUT2D eigenvalue weighted by atomic mass is 16.7. The van der Waals surface area contributed by atoms with Crippen LogP contribution in [0.15, 0.2) is 48.5 Å². The zero-order valence-electron chi connectivity index (χ0n) is 19.0. The molecule has 1 amide bonds. The first-order chi connectivity index (χ1) is 16.4. The molecule has 4 rings (SSSR count). The van der Waals surface area contributed by atoms with Gasteiger partial charge in [-0.1, -0.05) is 24.3 Å². The van der Waals surface area contributed by atoms with Crippen LogP contribution in [0.4, 0.5) is 0 Å². The quantitative estimate of drug-likeness (QED) is 0.602. The highest BCUT2D eigenvalue weighted by Crippen LogP contribution is 2.35. The lowest BCUT2D eigenvalue weighted by Gasteiger charge is -2.47. The third kappa shape index (κ3) is 5.00. The first-order valence-electron chi connectivity index (χ1n) is 10.8. The van der Waals surface area contributed by atoms with Gasteiger partial charge in [-0.3, -0.25) is 4.79 Å². The van der Waals surface area contributed by atoms with Gasteiger partial charge < -0.3 is 38.8 Å². The Balaban J connectivity index is 1.55. The summed E-state index contributed by atoms with van der Waals surface area (Å²) in [5.41, 5.74) is 0.926. The summed E-state index contributed by atoms with van der Waals surface area (Å²) < 4.78 is 33.9. The largest absolute Gasteiger partial charge is 0.497 e. The lowest BCUT2D eigenvalue weighted by Crippen LogP contribution is -2.67. The van der Waals surface area contributed by atoms with Gasteiger partial charge in [0.05, 0.1) is 20.8 Å². The normalized spacial score (nSPS) is 28.4. The number of benzene rings is 2. The smallest absolute Gasteiger partial charge is 0.341 e. The van der Waals surface area contributed by atoms with Crippen molar-refractivity contribution in [2.75, 3.05) is 20.8 Å². The van der Waals surface area contributed by atoms with Crippen LogP contribution >= 0.6 is 0 Å². The van der Waals surface area contributed by atoms with Crippen molar-refractivity contribution in [3.63, 3.8) is 0 Å². The molecule has 6 unspecified atom stereocenters. The van der Waals surface area contributed by atoms with Gasteiger partial charge in [0.1, 0.15) is 41.4 Å². The van der Waals surface area contributed by atoms with Crippen LogP contribution in [0.3, 0.4) is 0 Å². The number of rotatable bonds is 6. The number of esters is 1. The topological polar surface area (TPSA) is 122 Å². The van der Waals surface area contributed by atoms with Gasteiger partial charge in [-0.25, -0.2) is 4.79 Å². The molecule has 34 heavy (non-hydrogen) atoms. The monoisotopic (exact) mass is 473 g/mol. The summed E-state index contributed by atoms with van der Waals surface area (Å²) in [5, 5.41) is 13.8. The van der Waals surface area contributed by atoms with Gasteiger partial charge in [-0.2, -0.15) is 0 Å². The predicted molar refractivity (Wildman–Crippen MR) is 117 cm³/mol. The van der Waals surface area contributed by atoms with Crippen LogP contribution in [-0.2, 0) is 23.7 Å². The molecule has 0 spiro atoms. The molecule has 10 heteroatoms. The first kappa shape index (κ1) is 24.0. The number of para-hydroxylation sites is 1. The number of ether oxygens (including phenoxy) is 6. The van der Waals surface area contributed by atoms with E-state index in [1.165, 1.54) is 14.0 Å². The van der Waals surface area contributed by atoms with E-state index in [2.05, 4.69) is 5.32 Å². The molecule has 0 saturated carbocycles. The van der Waals surface area contributed by atoms with E-state index < -0.39 is 42.9 Å². The summed E-state index contributed by atoms with van der Waals surface area (Å²) in [4.78, 5) is 24.0. The molecule has 0 aliphatic carbocycles. The molecular weight excluding hydrogens is 446 g/mol. The van der Waals surface area contributed by atoms with Gasteiger partial charge in [0.2, 0.25) is 12.2 Å². The molecule has 2 aromatic carbocycles. The van der Waals surface area contributed by atoms with Crippen molar-refractivity contribution in [3.05, 3.63) is 59.7 Å². The lowest BCUT2D eigenvalue weighted by atomic mass is 9.95. The number of hydrogen-bond donors (Lipinski definition) is 2. The van der Waals surface area contributed by atoms with Crippen molar-refractivity contribution in [2.45, 2.75) is 43.9 Å². The van der Waals surface area contributed by atoms with Crippen LogP contribution in [0, 0.1) is 0 Å². The standard InChI is InChI=1S/C24H27NO9/c1-13(26)25-19-20(27)21-18(12-31-23(34-21)14-8-10-15(29-2)11-9-14)33-24(19)32-17-7-5-4-6-16(17)22(28)30-3/h4-11,18-21,23-24,27H,12H2,1-3H3,(H,25,26). The summed E-state index contributed by atoms with van der Waals surface area (Å²) in [7, 11) is 2.84. The van der Waals surface area contributed by atoms with Gasteiger partial charge in [0.15, 0.2) is 6.29 Å². The Kier molecular flexibility index (Phi) is 7.32. The van der Waals surface area contributed by atoms with E-state index in [9.17, 15) is 14.7 Å². The van der Waals surface area contributed by atoms with Crippen molar-refractivity contribution >= 4 is 11.9 Å². The molecule has 2 aliphatic heterocycles. The molecule has 6 atom stereocenters. The summed E-state index contributed by atoms with van der Waals surface area (Å²) in [6.45, 7) is 1.44. The fraction of sp³-hybridized carbons (Fsp3) is 0.417. The molecule has 10 nitrogen and oxygen atoms in total. The van der Waals surface area contributed by atoms with Crippen LogP contribution in [0.25, 0.3) is 0 Å². The second-order valence-corrected chi connectivity index (χ2v) is 7.90. The van der Waals surface area contributed by atoms with E-state index >= 15 is 0 Å². The average Bonchev–Trinajstić information content (AvgIpc) is 2.86. The van der Waals surface area contributed by atoms with E-state index in [1.807, 2.05) is 0 Å². The van der Waals surface area contributed by atoms with Gasteiger partial charge in [0, 0.05) is 12.5 Å². The number of nitrogens with one attached hydrogen (secondary N) is 1. The second-order valence-electron chi connectivity index (χ2n) is 7.90. The van der Waals surface area contributed by atoms with Gasteiger partial charge in [0.25, 0.3) is 0 Å². The number of carbonyl (C=O) groups excluding carboxylic acids is 2. The highest BCUT2D eigenvalue weighted by Gasteiger charge is 2.51. The number of carbonyl (C=O) groups is 2. The average molecular weight is 473 g/mol. The number of fused-ring (bicyclic) bond motifs is 1. The van der Waals surface area contributed by atoms with E-state index in [-0.39, 0.29) is 23.8 Å². The number of aliphatic hydroxyl groups excluding tert-OH is 1. The molecule has 2 saturated heterocycles. The van der Waals surface area contributed by atoms with Crippen molar-refractivity contribution in [1.29, 1.82) is 0 Å². The highest BCUT2D eigenvalue weighted by molar-refractivity contribution is 5.92. The molecular formula is C24H27NO9. The molecule has 2 aromatic rings. The van der Waals surface area contributed by atoms with Crippen LogP contribution in [0.1, 0.15) is 29.1 Å². The van der Waals surface area contributed by atoms with Crippen LogP contribution in [0.5, 0.6) is 11.5 Å². The maximum Gasteiger partial charge on any atom is 0.341 e. The van der Waals surface area contributed by atoms with Crippen molar-refractivity contribution < 1.29 is 43.1 Å². The third-order valence-electron chi connectivity index (χ3n) is 5.66. The molecule has 182 valence electrons. The Morgan fingerprint density at radius 1 is 1.06 bits per heavy atom. The number of methoxy groups -OCH3 is 2. The number of hydrogen-bond acceptors (Lipinski definition) is 9. The number of aliphatic hydroxyl groups is 1. The summed E-state index contributed by atoms with van der Waals surface area (Å²) in [6.07, 6.45) is -4.50. The SMILES string of the molecule is COC(=O)c1ccccc1OC1OC2COC(c3ccc(OC)cc3)OC2C(O)C1NC(C)=O. The maximum atomic E-state index is 12.1. The van der Waals surface area contributed by atoms with Gasteiger partial charge in [-0.15, -0.1) is 0 Å². The van der Waals surface area contributed by atoms with E-state index in [0.29, 0.717) is 5.75 Å². The molecule has 2 fully saturated rings. The molecule has 0 aromatic heterocycles. The maximum absolute atomic E-state index is 12.1. The van der Waals surface area contributed by atoms with Crippen molar-refractivity contribution in [3.8, 4) is 11.5 Å². The zero-order chi connectivity index (χ0) is 24.2. The molecule has 0 bridgehead atoms. The van der Waals surface area contributed by atoms with Gasteiger partial charge >= 0.3 is 5.97 Å².